The van der Waals surface area contributed by atoms with Crippen molar-refractivity contribution in [3.63, 3.8) is 0 Å². The summed E-state index contributed by atoms with van der Waals surface area (Å²) in [4.78, 5) is 40.8. The van der Waals surface area contributed by atoms with Crippen molar-refractivity contribution in [3.05, 3.63) is 35.4 Å². The van der Waals surface area contributed by atoms with Crippen molar-refractivity contribution in [2.75, 3.05) is 27.4 Å². The quantitative estimate of drug-likeness (QED) is 0.0873. The van der Waals surface area contributed by atoms with Gasteiger partial charge in [-0.05, 0) is 115 Å². The summed E-state index contributed by atoms with van der Waals surface area (Å²) in [5.41, 5.74) is -3.10. The van der Waals surface area contributed by atoms with Crippen LogP contribution in [0.15, 0.2) is 29.8 Å². The van der Waals surface area contributed by atoms with E-state index in [1.807, 2.05) is 6.92 Å². The molecule has 9 N–H and O–H groups in total. The smallest absolute Gasteiger partial charge is 0.338 e. The maximum absolute atomic E-state index is 15.3. The zero-order valence-electron chi connectivity index (χ0n) is 41.4. The maximum Gasteiger partial charge on any atom is 0.338 e. The van der Waals surface area contributed by atoms with E-state index in [1.165, 1.54) is 32.4 Å². The number of carbonyl (C=O) groups is 3. The molecule has 20 atom stereocenters. The number of aliphatic carboxylic acids is 1. The van der Waals surface area contributed by atoms with Gasteiger partial charge in [0.25, 0.3) is 0 Å². The van der Waals surface area contributed by atoms with Crippen LogP contribution in [-0.4, -0.2) is 165 Å². The number of carboxylic acid groups (broad SMARTS) is 1. The van der Waals surface area contributed by atoms with Gasteiger partial charge in [0, 0.05) is 5.41 Å². The standard InChI is InChI=1S/C51H74O19/c1-46(2)17-18-51(45(63)70-44-40(36(57)34(55)29(22-52)66-44)68-42(62)24-9-11-27(64-7)28(19-24)65-8)26(20-46)25-10-12-31-47(3)15-14-33(67-43-38(59)35(56)37(58)39(69-43)41(60)61)48(4,23-53)30(47)13-16-49(31,5)50(25,6)21-32(51)54/h9-11,19,26,29-40,43-44,52-59H,12-18,20-23H2,1-8H3,(H,60,61)/t26-,29+,30+,31+,32+,33-,34+,35-,36-,37-,38+,39-,40+,43+,44-,47-,48-,49+,50+,51+/m0/s1. The molecule has 8 rings (SSSR count). The number of aliphatic hydroxyl groups excluding tert-OH is 8. The predicted molar refractivity (Wildman–Crippen MR) is 244 cm³/mol. The Bertz CT molecular complexity index is 2180. The van der Waals surface area contributed by atoms with E-state index >= 15 is 4.79 Å². The van der Waals surface area contributed by atoms with Crippen LogP contribution in [0.2, 0.25) is 0 Å². The van der Waals surface area contributed by atoms with Gasteiger partial charge in [-0.1, -0.05) is 53.2 Å². The molecule has 70 heavy (non-hydrogen) atoms. The Morgan fingerprint density at radius 1 is 0.743 bits per heavy atom. The van der Waals surface area contributed by atoms with Crippen LogP contribution < -0.4 is 9.47 Å². The number of esters is 2. The van der Waals surface area contributed by atoms with Crippen molar-refractivity contribution in [1.29, 1.82) is 0 Å². The molecular formula is C51H74O19. The topological polar surface area (TPSA) is 298 Å². The van der Waals surface area contributed by atoms with Crippen molar-refractivity contribution in [1.82, 2.24) is 0 Å². The summed E-state index contributed by atoms with van der Waals surface area (Å²) in [6.07, 6.45) is -12.6. The predicted octanol–water partition coefficient (Wildman–Crippen LogP) is 2.23. The van der Waals surface area contributed by atoms with Crippen molar-refractivity contribution < 1.29 is 93.5 Å². The Balaban J connectivity index is 1.09. The largest absolute Gasteiger partial charge is 0.493 e. The molecule has 2 aliphatic heterocycles. The highest BCUT2D eigenvalue weighted by Gasteiger charge is 2.72. The summed E-state index contributed by atoms with van der Waals surface area (Å²) in [6.45, 7) is 11.8. The van der Waals surface area contributed by atoms with Crippen LogP contribution in [0, 0.1) is 50.2 Å². The molecule has 392 valence electrons. The first kappa shape index (κ1) is 52.8. The van der Waals surface area contributed by atoms with Gasteiger partial charge in [-0.25, -0.2) is 9.59 Å². The fraction of sp³-hybridized carbons (Fsp3) is 0.784. The molecule has 0 spiro atoms. The molecule has 0 aromatic heterocycles. The second-order valence-electron chi connectivity index (χ2n) is 23.1. The van der Waals surface area contributed by atoms with Crippen LogP contribution in [0.1, 0.15) is 110 Å². The summed E-state index contributed by atoms with van der Waals surface area (Å²) in [5.74, 6) is -3.36. The summed E-state index contributed by atoms with van der Waals surface area (Å²) < 4.78 is 40.4. The minimum absolute atomic E-state index is 0.00281. The third-order valence-electron chi connectivity index (χ3n) is 19.2. The third kappa shape index (κ3) is 8.08. The Hall–Kier alpha value is -3.47. The molecule has 19 heteroatoms. The van der Waals surface area contributed by atoms with E-state index in [4.69, 9.17) is 33.2 Å². The third-order valence-corrected chi connectivity index (χ3v) is 19.2. The zero-order valence-corrected chi connectivity index (χ0v) is 41.4. The SMILES string of the molecule is COc1ccc(C(=O)O[C@H]2[C@H](OC(=O)[C@]34CCC(C)(C)C[C@H]3C3=CC[C@@H]5[C@@]6(C)CC[C@H](O[C@@H]7O[C@H](C(=O)O)[C@@H](O)[C@H](O)[C@H]7O)[C@@](C)(CO)[C@@H]6CC[C@@]5(C)[C@]3(C)C[C@H]4O)O[C@H](CO)[C@@H](O)[C@@H]2O)cc1OC. The van der Waals surface area contributed by atoms with Gasteiger partial charge in [-0.3, -0.25) is 4.79 Å². The monoisotopic (exact) mass is 990 g/mol. The first-order valence-electron chi connectivity index (χ1n) is 24.7. The number of ether oxygens (including phenoxy) is 7. The number of hydrogen-bond acceptors (Lipinski definition) is 18. The molecule has 7 aliphatic rings. The molecule has 19 nitrogen and oxygen atoms in total. The number of benzene rings is 1. The molecule has 5 aliphatic carbocycles. The van der Waals surface area contributed by atoms with Crippen molar-refractivity contribution >= 4 is 17.9 Å². The van der Waals surface area contributed by atoms with Crippen LogP contribution >= 0.6 is 0 Å². The lowest BCUT2D eigenvalue weighted by atomic mass is 9.33. The summed E-state index contributed by atoms with van der Waals surface area (Å²) in [6, 6.07) is 4.27. The van der Waals surface area contributed by atoms with Crippen LogP contribution in [0.5, 0.6) is 11.5 Å². The Morgan fingerprint density at radius 2 is 1.44 bits per heavy atom. The number of methoxy groups -OCH3 is 2. The number of carboxylic acids is 1. The van der Waals surface area contributed by atoms with E-state index in [2.05, 4.69) is 40.7 Å². The number of fused-ring (bicyclic) bond motifs is 7. The maximum atomic E-state index is 15.3. The van der Waals surface area contributed by atoms with Crippen LogP contribution in [-0.2, 0) is 33.3 Å². The van der Waals surface area contributed by atoms with Crippen molar-refractivity contribution in [2.45, 2.75) is 173 Å². The molecule has 4 saturated carbocycles. The van der Waals surface area contributed by atoms with E-state index in [0.29, 0.717) is 50.7 Å². The molecule has 0 bridgehead atoms. The minimum atomic E-state index is -1.88. The van der Waals surface area contributed by atoms with Gasteiger partial charge in [0.05, 0.1) is 45.2 Å². The lowest BCUT2D eigenvalue weighted by Crippen LogP contribution is -2.69. The molecule has 1 aromatic carbocycles. The Kier molecular flexibility index (Phi) is 14.2. The average molecular weight is 991 g/mol. The number of aliphatic hydroxyl groups is 8. The van der Waals surface area contributed by atoms with Gasteiger partial charge in [0.1, 0.15) is 42.0 Å². The van der Waals surface area contributed by atoms with E-state index in [-0.39, 0.29) is 48.0 Å². The Labute approximate surface area is 408 Å². The second kappa shape index (κ2) is 18.8. The van der Waals surface area contributed by atoms with Gasteiger partial charge in [-0.15, -0.1) is 0 Å². The van der Waals surface area contributed by atoms with Gasteiger partial charge < -0.3 is 79.1 Å². The lowest BCUT2D eigenvalue weighted by molar-refractivity contribution is -0.327. The highest BCUT2D eigenvalue weighted by molar-refractivity contribution is 5.90. The van der Waals surface area contributed by atoms with E-state index in [0.717, 1.165) is 5.57 Å². The van der Waals surface area contributed by atoms with Gasteiger partial charge in [-0.2, -0.15) is 0 Å². The van der Waals surface area contributed by atoms with Crippen molar-refractivity contribution in [2.24, 2.45) is 50.2 Å². The molecule has 1 aromatic rings. The van der Waals surface area contributed by atoms with Crippen LogP contribution in [0.4, 0.5) is 0 Å². The molecule has 6 fully saturated rings. The number of rotatable bonds is 11. The fourth-order valence-corrected chi connectivity index (χ4v) is 14.9. The van der Waals surface area contributed by atoms with E-state index in [1.54, 1.807) is 0 Å². The first-order chi connectivity index (χ1) is 32.8. The van der Waals surface area contributed by atoms with Gasteiger partial charge in [0.2, 0.25) is 6.29 Å². The number of allylic oxidation sites excluding steroid dienone is 2. The van der Waals surface area contributed by atoms with Crippen LogP contribution in [0.25, 0.3) is 0 Å². The van der Waals surface area contributed by atoms with E-state index < -0.39 is 131 Å². The number of carbonyl (C=O) groups excluding carboxylic acids is 2. The minimum Gasteiger partial charge on any atom is -0.493 e. The zero-order chi connectivity index (χ0) is 51.3. The van der Waals surface area contributed by atoms with Gasteiger partial charge >= 0.3 is 17.9 Å². The van der Waals surface area contributed by atoms with Crippen LogP contribution in [0.3, 0.4) is 0 Å². The molecular weight excluding hydrogens is 917 g/mol. The summed E-state index contributed by atoms with van der Waals surface area (Å²) in [5, 5.41) is 98.1. The Morgan fingerprint density at radius 3 is 2.09 bits per heavy atom. The second-order valence-corrected chi connectivity index (χ2v) is 23.1. The highest BCUT2D eigenvalue weighted by Crippen LogP contribution is 2.76. The molecule has 0 amide bonds. The number of hydrogen-bond donors (Lipinski definition) is 9. The lowest BCUT2D eigenvalue weighted by Gasteiger charge is -2.72. The van der Waals surface area contributed by atoms with Gasteiger partial charge in [0.15, 0.2) is 30.0 Å². The van der Waals surface area contributed by atoms with E-state index in [9.17, 15) is 55.5 Å². The molecule has 2 saturated heterocycles. The molecule has 0 radical (unpaired) electrons. The molecule has 0 unspecified atom stereocenters. The summed E-state index contributed by atoms with van der Waals surface area (Å²) in [7, 11) is 2.83. The summed E-state index contributed by atoms with van der Waals surface area (Å²) >= 11 is 0. The fourth-order valence-electron chi connectivity index (χ4n) is 14.9. The first-order valence-corrected chi connectivity index (χ1v) is 24.7. The molecule has 2 heterocycles. The normalized spacial score (nSPS) is 46.4. The van der Waals surface area contributed by atoms with Crippen molar-refractivity contribution in [3.8, 4) is 11.5 Å². The average Bonchev–Trinajstić information content (AvgIpc) is 3.31. The highest BCUT2D eigenvalue weighted by atomic mass is 16.7.